The fraction of sp³-hybridized carbons (Fsp3) is 0.850. The van der Waals surface area contributed by atoms with Crippen LogP contribution in [0.3, 0.4) is 0 Å². The topological polar surface area (TPSA) is 71.1 Å². The molecule has 1 saturated heterocycles. The number of aromatic nitrogens is 3. The van der Waals surface area contributed by atoms with E-state index in [0.717, 1.165) is 24.5 Å². The standard InChI is InChI=1S/C20H34N4O2/c1-19(2,3)26-18(25)24-14-10-13-20(24,4)17-21-16(22-23-17)15-11-8-6-5-7-9-12-15/h15H,5-14H2,1-4H3,(H,21,22,23). The van der Waals surface area contributed by atoms with E-state index in [0.29, 0.717) is 12.5 Å². The SMILES string of the molecule is CC(C)(C)OC(=O)N1CCCC1(C)c1n[nH]c(C2CCCCCCC2)n1. The number of carbonyl (C=O) groups is 1. The maximum absolute atomic E-state index is 12.7. The molecule has 2 heterocycles. The molecule has 3 rings (SSSR count). The van der Waals surface area contributed by atoms with E-state index < -0.39 is 11.1 Å². The van der Waals surface area contributed by atoms with Crippen molar-refractivity contribution in [1.82, 2.24) is 20.1 Å². The van der Waals surface area contributed by atoms with E-state index >= 15 is 0 Å². The Balaban J connectivity index is 1.76. The molecule has 1 atom stereocenters. The third-order valence-electron chi connectivity index (χ3n) is 5.73. The van der Waals surface area contributed by atoms with Crippen LogP contribution in [-0.4, -0.2) is 38.3 Å². The lowest BCUT2D eigenvalue weighted by atomic mass is 9.90. The first-order chi connectivity index (χ1) is 12.3. The molecule has 146 valence electrons. The summed E-state index contributed by atoms with van der Waals surface area (Å²) in [6.07, 6.45) is 10.4. The zero-order valence-corrected chi connectivity index (χ0v) is 16.8. The Bertz CT molecular complexity index is 614. The van der Waals surface area contributed by atoms with Crippen LogP contribution in [0.1, 0.15) is 103 Å². The molecule has 1 aliphatic heterocycles. The molecule has 6 nitrogen and oxygen atoms in total. The second kappa shape index (κ2) is 7.57. The van der Waals surface area contributed by atoms with Gasteiger partial charge in [0.1, 0.15) is 17.0 Å². The highest BCUT2D eigenvalue weighted by atomic mass is 16.6. The van der Waals surface area contributed by atoms with E-state index in [1.54, 1.807) is 0 Å². The van der Waals surface area contributed by atoms with E-state index in [1.807, 2.05) is 25.7 Å². The zero-order valence-electron chi connectivity index (χ0n) is 16.8. The molecule has 0 spiro atoms. The maximum Gasteiger partial charge on any atom is 0.411 e. The van der Waals surface area contributed by atoms with Crippen LogP contribution in [0, 0.1) is 0 Å². The van der Waals surface area contributed by atoms with Gasteiger partial charge in [-0.3, -0.25) is 10.00 Å². The summed E-state index contributed by atoms with van der Waals surface area (Å²) in [6, 6.07) is 0. The van der Waals surface area contributed by atoms with Crippen molar-refractivity contribution in [2.24, 2.45) is 0 Å². The summed E-state index contributed by atoms with van der Waals surface area (Å²) >= 11 is 0. The van der Waals surface area contributed by atoms with Crippen LogP contribution in [0.4, 0.5) is 4.79 Å². The predicted molar refractivity (Wildman–Crippen MR) is 101 cm³/mol. The highest BCUT2D eigenvalue weighted by Crippen LogP contribution is 2.38. The average molecular weight is 363 g/mol. The number of amides is 1. The van der Waals surface area contributed by atoms with Crippen LogP contribution in [0.25, 0.3) is 0 Å². The molecule has 0 aromatic carbocycles. The smallest absolute Gasteiger partial charge is 0.411 e. The van der Waals surface area contributed by atoms with Gasteiger partial charge in [-0.1, -0.05) is 32.1 Å². The number of aromatic amines is 1. The zero-order chi connectivity index (χ0) is 18.8. The molecule has 2 aliphatic rings. The summed E-state index contributed by atoms with van der Waals surface area (Å²) in [5.41, 5.74) is -0.984. The lowest BCUT2D eigenvalue weighted by Crippen LogP contribution is -2.46. The molecule has 1 aliphatic carbocycles. The fourth-order valence-corrected chi connectivity index (χ4v) is 4.23. The molecule has 1 N–H and O–H groups in total. The third-order valence-corrected chi connectivity index (χ3v) is 5.73. The predicted octanol–water partition coefficient (Wildman–Crippen LogP) is 4.88. The van der Waals surface area contributed by atoms with Gasteiger partial charge in [0.15, 0.2) is 5.82 Å². The molecule has 0 radical (unpaired) electrons. The second-order valence-electron chi connectivity index (χ2n) is 9.10. The van der Waals surface area contributed by atoms with Crippen molar-refractivity contribution in [2.45, 2.75) is 103 Å². The number of hydrogen-bond acceptors (Lipinski definition) is 4. The monoisotopic (exact) mass is 362 g/mol. The maximum atomic E-state index is 12.7. The van der Waals surface area contributed by atoms with E-state index in [9.17, 15) is 4.79 Å². The molecular weight excluding hydrogens is 328 g/mol. The summed E-state index contributed by atoms with van der Waals surface area (Å²) in [5, 5.41) is 7.74. The van der Waals surface area contributed by atoms with Crippen molar-refractivity contribution in [2.75, 3.05) is 6.54 Å². The number of likely N-dealkylation sites (tertiary alicyclic amines) is 1. The lowest BCUT2D eigenvalue weighted by Gasteiger charge is -2.34. The first-order valence-electron chi connectivity index (χ1n) is 10.2. The normalized spacial score (nSPS) is 25.8. The van der Waals surface area contributed by atoms with Crippen molar-refractivity contribution in [3.63, 3.8) is 0 Å². The van der Waals surface area contributed by atoms with E-state index in [-0.39, 0.29) is 6.09 Å². The first kappa shape index (κ1) is 19.2. The lowest BCUT2D eigenvalue weighted by molar-refractivity contribution is 0.00857. The van der Waals surface area contributed by atoms with Crippen molar-refractivity contribution in [1.29, 1.82) is 0 Å². The van der Waals surface area contributed by atoms with Gasteiger partial charge in [-0.25, -0.2) is 9.78 Å². The number of rotatable bonds is 2. The van der Waals surface area contributed by atoms with Gasteiger partial charge in [0.2, 0.25) is 0 Å². The van der Waals surface area contributed by atoms with Crippen molar-refractivity contribution in [3.8, 4) is 0 Å². The largest absolute Gasteiger partial charge is 0.444 e. The summed E-state index contributed by atoms with van der Waals surface area (Å²) in [7, 11) is 0. The highest BCUT2D eigenvalue weighted by molar-refractivity contribution is 5.69. The van der Waals surface area contributed by atoms with Crippen LogP contribution in [0.15, 0.2) is 0 Å². The van der Waals surface area contributed by atoms with E-state index in [1.165, 1.54) is 44.9 Å². The Labute approximate surface area is 157 Å². The molecular formula is C20H34N4O2. The molecule has 1 saturated carbocycles. The summed E-state index contributed by atoms with van der Waals surface area (Å²) < 4.78 is 5.61. The van der Waals surface area contributed by atoms with Gasteiger partial charge in [0.25, 0.3) is 0 Å². The van der Waals surface area contributed by atoms with Gasteiger partial charge in [-0.05, 0) is 53.4 Å². The van der Waals surface area contributed by atoms with Gasteiger partial charge in [-0.15, -0.1) is 0 Å². The summed E-state index contributed by atoms with van der Waals surface area (Å²) in [4.78, 5) is 19.4. The number of ether oxygens (including phenoxy) is 1. The Kier molecular flexibility index (Phi) is 5.58. The quantitative estimate of drug-likeness (QED) is 0.814. The molecule has 6 heteroatoms. The molecule has 0 bridgehead atoms. The Hall–Kier alpha value is -1.59. The Morgan fingerprint density at radius 1 is 1.15 bits per heavy atom. The van der Waals surface area contributed by atoms with Gasteiger partial charge in [-0.2, -0.15) is 5.10 Å². The minimum atomic E-state index is -0.496. The molecule has 2 fully saturated rings. The number of hydrogen-bond donors (Lipinski definition) is 1. The van der Waals surface area contributed by atoms with Crippen LogP contribution in [0.2, 0.25) is 0 Å². The number of nitrogens with zero attached hydrogens (tertiary/aromatic N) is 3. The molecule has 1 aromatic heterocycles. The minimum absolute atomic E-state index is 0.269. The number of H-pyrrole nitrogens is 1. The van der Waals surface area contributed by atoms with Crippen LogP contribution in [-0.2, 0) is 10.3 Å². The van der Waals surface area contributed by atoms with Crippen molar-refractivity contribution >= 4 is 6.09 Å². The van der Waals surface area contributed by atoms with Gasteiger partial charge in [0.05, 0.1) is 0 Å². The number of nitrogens with one attached hydrogen (secondary N) is 1. The summed E-state index contributed by atoms with van der Waals surface area (Å²) in [5.74, 6) is 2.20. The van der Waals surface area contributed by atoms with Crippen LogP contribution >= 0.6 is 0 Å². The fourth-order valence-electron chi connectivity index (χ4n) is 4.23. The van der Waals surface area contributed by atoms with Gasteiger partial charge < -0.3 is 4.74 Å². The van der Waals surface area contributed by atoms with E-state index in [4.69, 9.17) is 9.72 Å². The molecule has 1 amide bonds. The van der Waals surface area contributed by atoms with Gasteiger partial charge >= 0.3 is 6.09 Å². The Morgan fingerprint density at radius 2 is 1.81 bits per heavy atom. The average Bonchev–Trinajstić information content (AvgIpc) is 3.13. The van der Waals surface area contributed by atoms with E-state index in [2.05, 4.69) is 17.1 Å². The second-order valence-corrected chi connectivity index (χ2v) is 9.10. The number of carbonyl (C=O) groups excluding carboxylic acids is 1. The Morgan fingerprint density at radius 3 is 2.46 bits per heavy atom. The molecule has 1 aromatic rings. The van der Waals surface area contributed by atoms with Gasteiger partial charge in [0, 0.05) is 12.5 Å². The van der Waals surface area contributed by atoms with Crippen molar-refractivity contribution < 1.29 is 9.53 Å². The molecule has 1 unspecified atom stereocenters. The minimum Gasteiger partial charge on any atom is -0.444 e. The summed E-state index contributed by atoms with van der Waals surface area (Å²) in [6.45, 7) is 8.46. The molecule has 26 heavy (non-hydrogen) atoms. The first-order valence-corrected chi connectivity index (χ1v) is 10.2. The van der Waals surface area contributed by atoms with Crippen LogP contribution < -0.4 is 0 Å². The highest BCUT2D eigenvalue weighted by Gasteiger charge is 2.46. The van der Waals surface area contributed by atoms with Crippen LogP contribution in [0.5, 0.6) is 0 Å². The van der Waals surface area contributed by atoms with Crippen molar-refractivity contribution in [3.05, 3.63) is 11.6 Å². The third kappa shape index (κ3) is 4.21.